The van der Waals surface area contributed by atoms with Gasteiger partial charge in [-0.2, -0.15) is 0 Å². The summed E-state index contributed by atoms with van der Waals surface area (Å²) in [4.78, 5) is 21.7. The number of aromatic nitrogens is 4. The fourth-order valence-electron chi connectivity index (χ4n) is 8.26. The normalized spacial score (nSPS) is 17.0. The zero-order chi connectivity index (χ0) is 37.5. The van der Waals surface area contributed by atoms with Crippen molar-refractivity contribution >= 4 is 21.9 Å². The topological polar surface area (TPSA) is 114 Å². The van der Waals surface area contributed by atoms with E-state index < -0.39 is 0 Å². The largest absolute Gasteiger partial charge is 0.507 e. The van der Waals surface area contributed by atoms with E-state index in [-0.39, 0.29) is 11.8 Å². The van der Waals surface area contributed by atoms with E-state index in [1.807, 2.05) is 24.3 Å². The monoisotopic (exact) mass is 728 g/mol. The molecule has 0 fully saturated rings. The molecule has 2 atom stereocenters. The Bertz CT molecular complexity index is 2620. The summed E-state index contributed by atoms with van der Waals surface area (Å²) < 4.78 is 16.9. The van der Waals surface area contributed by atoms with Crippen LogP contribution in [0.15, 0.2) is 131 Å². The number of hydrogen-bond acceptors (Lipinski definition) is 10. The van der Waals surface area contributed by atoms with Crippen molar-refractivity contribution in [2.45, 2.75) is 24.9 Å². The van der Waals surface area contributed by atoms with Gasteiger partial charge in [0.1, 0.15) is 22.7 Å². The number of nitrogens with zero attached hydrogens (tertiary/aromatic N) is 6. The van der Waals surface area contributed by atoms with Crippen LogP contribution in [0.1, 0.15) is 45.2 Å². The van der Waals surface area contributed by atoms with Gasteiger partial charge in [-0.15, -0.1) is 0 Å². The van der Waals surface area contributed by atoms with Gasteiger partial charge in [-0.3, -0.25) is 19.9 Å². The van der Waals surface area contributed by atoms with Crippen molar-refractivity contribution in [2.75, 3.05) is 34.3 Å². The Labute approximate surface area is 318 Å². The van der Waals surface area contributed by atoms with E-state index in [0.29, 0.717) is 18.0 Å². The van der Waals surface area contributed by atoms with Gasteiger partial charge >= 0.3 is 0 Å². The van der Waals surface area contributed by atoms with E-state index in [1.165, 1.54) is 27.8 Å². The molecule has 2 unspecified atom stereocenters. The van der Waals surface area contributed by atoms with Crippen molar-refractivity contribution in [3.63, 3.8) is 0 Å². The molecule has 4 aromatic carbocycles. The average Bonchev–Trinajstić information content (AvgIpc) is 3.90. The first-order valence-electron chi connectivity index (χ1n) is 18.3. The fourth-order valence-corrected chi connectivity index (χ4v) is 8.26. The molecule has 0 aliphatic carbocycles. The molecule has 10 rings (SSSR count). The third-order valence-electron chi connectivity index (χ3n) is 10.9. The van der Waals surface area contributed by atoms with E-state index in [1.54, 1.807) is 56.8 Å². The standard InChI is InChI=1S/C23H21N3O2.C22H19N3O2/c1-26-13-19(15-3-6-22-16(11-15)7-10-28-22)17-4-5-18(21-12-24-8-9-25-21)23(27-2)20(17)14-26;1-25-12-18(14-2-5-21-15(10-14)6-9-27-21)16-3-4-17(22(26)19(16)13-25)20-11-23-7-8-24-20/h3-12,19H,13-14H2,1-2H3;2-11,18,26H,12-13H2,1H3. The number of rotatable bonds is 5. The smallest absolute Gasteiger partial charge is 0.133 e. The van der Waals surface area contributed by atoms with Crippen LogP contribution in [0.4, 0.5) is 0 Å². The van der Waals surface area contributed by atoms with Gasteiger partial charge in [0.15, 0.2) is 0 Å². The van der Waals surface area contributed by atoms with Crippen LogP contribution in [0.5, 0.6) is 11.5 Å². The van der Waals surface area contributed by atoms with Crippen LogP contribution >= 0.6 is 0 Å². The van der Waals surface area contributed by atoms with Gasteiger partial charge < -0.3 is 28.5 Å². The Morgan fingerprint density at radius 1 is 0.636 bits per heavy atom. The lowest BCUT2D eigenvalue weighted by molar-refractivity contribution is 0.286. The molecule has 4 aromatic heterocycles. The summed E-state index contributed by atoms with van der Waals surface area (Å²) >= 11 is 0. The van der Waals surface area contributed by atoms with Crippen molar-refractivity contribution in [3.05, 3.63) is 156 Å². The molecule has 0 amide bonds. The Morgan fingerprint density at radius 2 is 1.16 bits per heavy atom. The number of ether oxygens (including phenoxy) is 1. The van der Waals surface area contributed by atoms with E-state index in [0.717, 1.165) is 69.7 Å². The lowest BCUT2D eigenvalue weighted by atomic mass is 9.83. The average molecular weight is 729 g/mol. The summed E-state index contributed by atoms with van der Waals surface area (Å²) in [5, 5.41) is 13.2. The van der Waals surface area contributed by atoms with E-state index >= 15 is 0 Å². The van der Waals surface area contributed by atoms with Gasteiger partial charge in [-0.1, -0.05) is 24.3 Å². The van der Waals surface area contributed by atoms with Gasteiger partial charge in [0, 0.05) is 95.8 Å². The first kappa shape index (κ1) is 34.4. The highest BCUT2D eigenvalue weighted by Gasteiger charge is 2.30. The Hall–Kier alpha value is -6.36. The molecule has 6 heterocycles. The second-order valence-electron chi connectivity index (χ2n) is 14.4. The quantitative estimate of drug-likeness (QED) is 0.185. The molecule has 55 heavy (non-hydrogen) atoms. The van der Waals surface area contributed by atoms with E-state index in [4.69, 9.17) is 13.6 Å². The number of fused-ring (bicyclic) bond motifs is 4. The molecule has 274 valence electrons. The van der Waals surface area contributed by atoms with E-state index in [9.17, 15) is 5.11 Å². The summed E-state index contributed by atoms with van der Waals surface area (Å²) in [5.74, 6) is 1.66. The second-order valence-corrected chi connectivity index (χ2v) is 14.4. The highest BCUT2D eigenvalue weighted by Crippen LogP contribution is 2.44. The zero-order valence-electron chi connectivity index (χ0n) is 30.9. The van der Waals surface area contributed by atoms with Crippen molar-refractivity contribution in [2.24, 2.45) is 0 Å². The second kappa shape index (κ2) is 14.5. The molecule has 10 heteroatoms. The highest BCUT2D eigenvalue weighted by molar-refractivity contribution is 5.79. The Morgan fingerprint density at radius 3 is 1.71 bits per heavy atom. The van der Waals surface area contributed by atoms with Crippen LogP contribution in [0.3, 0.4) is 0 Å². The number of hydrogen-bond donors (Lipinski definition) is 1. The molecular formula is C45H40N6O4. The first-order valence-corrected chi connectivity index (χ1v) is 18.3. The number of benzene rings is 4. The summed E-state index contributed by atoms with van der Waals surface area (Å²) in [6.07, 6.45) is 13.6. The van der Waals surface area contributed by atoms with Crippen LogP contribution in [0, 0.1) is 0 Å². The van der Waals surface area contributed by atoms with Crippen molar-refractivity contribution in [1.29, 1.82) is 0 Å². The van der Waals surface area contributed by atoms with E-state index in [2.05, 4.69) is 92.4 Å². The molecule has 0 saturated heterocycles. The summed E-state index contributed by atoms with van der Waals surface area (Å²) in [6, 6.07) is 25.2. The molecule has 1 N–H and O–H groups in total. The Kier molecular flexibility index (Phi) is 9.05. The van der Waals surface area contributed by atoms with Crippen molar-refractivity contribution in [3.8, 4) is 34.0 Å². The van der Waals surface area contributed by atoms with Crippen molar-refractivity contribution in [1.82, 2.24) is 29.7 Å². The number of phenols is 1. The maximum Gasteiger partial charge on any atom is 0.133 e. The maximum atomic E-state index is 11.0. The minimum absolute atomic E-state index is 0.194. The number of methoxy groups -OCH3 is 1. The molecule has 2 aliphatic heterocycles. The summed E-state index contributed by atoms with van der Waals surface area (Å²) in [5.41, 5.74) is 12.2. The molecule has 10 nitrogen and oxygen atoms in total. The maximum absolute atomic E-state index is 11.0. The number of furan rings is 2. The van der Waals surface area contributed by atoms with Crippen LogP contribution in [-0.4, -0.2) is 69.1 Å². The van der Waals surface area contributed by atoms with Gasteiger partial charge in [0.25, 0.3) is 0 Å². The molecule has 0 saturated carbocycles. The first-order chi connectivity index (χ1) is 26.9. The fraction of sp³-hybridized carbons (Fsp3) is 0.200. The molecule has 0 spiro atoms. The third-order valence-corrected chi connectivity index (χ3v) is 10.9. The highest BCUT2D eigenvalue weighted by atomic mass is 16.5. The predicted molar refractivity (Wildman–Crippen MR) is 212 cm³/mol. The minimum atomic E-state index is 0.194. The molecular weight excluding hydrogens is 689 g/mol. The van der Waals surface area contributed by atoms with Gasteiger partial charge in [0.05, 0.1) is 43.4 Å². The van der Waals surface area contributed by atoms with Crippen LogP contribution in [0.25, 0.3) is 44.5 Å². The van der Waals surface area contributed by atoms with Crippen LogP contribution in [0.2, 0.25) is 0 Å². The SMILES string of the molecule is CN1Cc2c(ccc(-c3cnccn3)c2O)C(c2ccc3occc3c2)C1.COc1c(-c2cnccn2)ccc2c1CN(C)CC2c1ccc2occc2c1. The number of phenolic OH excluding ortho intramolecular Hbond substituents is 1. The number of likely N-dealkylation sites (N-methyl/N-ethyl adjacent to an activating group) is 2. The molecule has 0 radical (unpaired) electrons. The van der Waals surface area contributed by atoms with Gasteiger partial charge in [-0.25, -0.2) is 0 Å². The summed E-state index contributed by atoms with van der Waals surface area (Å²) in [6.45, 7) is 3.42. The van der Waals surface area contributed by atoms with Crippen LogP contribution < -0.4 is 4.74 Å². The zero-order valence-corrected chi connectivity index (χ0v) is 30.9. The lowest BCUT2D eigenvalue weighted by Gasteiger charge is -2.34. The molecule has 0 bridgehead atoms. The summed E-state index contributed by atoms with van der Waals surface area (Å²) in [7, 11) is 5.97. The molecule has 2 aliphatic rings. The third kappa shape index (κ3) is 6.49. The van der Waals surface area contributed by atoms with Gasteiger partial charge in [-0.05, 0) is 84.9 Å². The Balaban J connectivity index is 0.000000144. The molecule has 8 aromatic rings. The minimum Gasteiger partial charge on any atom is -0.507 e. The van der Waals surface area contributed by atoms with Crippen molar-refractivity contribution < 1.29 is 18.7 Å². The van der Waals surface area contributed by atoms with Crippen LogP contribution in [-0.2, 0) is 13.1 Å². The predicted octanol–water partition coefficient (Wildman–Crippen LogP) is 8.65. The lowest BCUT2D eigenvalue weighted by Crippen LogP contribution is -2.31. The number of aromatic hydroxyl groups is 1. The van der Waals surface area contributed by atoms with Gasteiger partial charge in [0.2, 0.25) is 0 Å².